The number of hydrogen-bond acceptors (Lipinski definition) is 6. The molecule has 218 valence electrons. The Kier molecular flexibility index (Phi) is 8.36. The van der Waals surface area contributed by atoms with Gasteiger partial charge in [0.05, 0.1) is 40.5 Å². The van der Waals surface area contributed by atoms with E-state index in [0.717, 1.165) is 18.2 Å². The van der Waals surface area contributed by atoms with Gasteiger partial charge < -0.3 is 19.1 Å². The molecule has 5 aromatic rings. The second-order valence-corrected chi connectivity index (χ2v) is 9.41. The number of alkyl halides is 1. The number of aromatic nitrogens is 3. The lowest BCUT2D eigenvalue weighted by molar-refractivity contribution is 0.0697. The van der Waals surface area contributed by atoms with E-state index >= 15 is 13.2 Å². The van der Waals surface area contributed by atoms with Crippen LogP contribution in [0.4, 0.5) is 17.6 Å². The highest BCUT2D eigenvalue weighted by Gasteiger charge is 2.27. The Bertz CT molecular complexity index is 1890. The lowest BCUT2D eigenvalue weighted by Crippen LogP contribution is -2.12. The number of pyridine rings is 1. The molecule has 0 fully saturated rings. The van der Waals surface area contributed by atoms with E-state index in [4.69, 9.17) is 14.7 Å². The molecular formula is C31H22F4N4O4. The Morgan fingerprint density at radius 2 is 1.84 bits per heavy atom. The Labute approximate surface area is 242 Å². The van der Waals surface area contributed by atoms with Crippen LogP contribution >= 0.6 is 0 Å². The van der Waals surface area contributed by atoms with E-state index in [1.165, 1.54) is 60.2 Å². The quantitative estimate of drug-likeness (QED) is 0.188. The summed E-state index contributed by atoms with van der Waals surface area (Å²) in [6, 6.07) is 15.7. The average molecular weight is 591 g/mol. The Morgan fingerprint density at radius 1 is 1.02 bits per heavy atom. The molecule has 0 saturated carbocycles. The number of benzene rings is 3. The normalized spacial score (nSPS) is 11.8. The van der Waals surface area contributed by atoms with Gasteiger partial charge in [0.25, 0.3) is 0 Å². The first-order valence-electron chi connectivity index (χ1n) is 12.8. The molecule has 0 aliphatic rings. The number of nitrogens with zero attached hydrogens (tertiary/aromatic N) is 4. The number of rotatable bonds is 10. The number of carbonyl (C=O) groups is 1. The number of aromatic carboxylic acids is 1. The number of methoxy groups -OCH3 is 1. The van der Waals surface area contributed by atoms with Gasteiger partial charge in [-0.3, -0.25) is 0 Å². The van der Waals surface area contributed by atoms with Gasteiger partial charge in [0.1, 0.15) is 29.9 Å². The van der Waals surface area contributed by atoms with Crippen molar-refractivity contribution in [1.29, 1.82) is 5.26 Å². The van der Waals surface area contributed by atoms with E-state index in [2.05, 4.69) is 9.97 Å². The van der Waals surface area contributed by atoms with Crippen molar-refractivity contribution >= 4 is 17.0 Å². The maximum atomic E-state index is 15.9. The zero-order chi connectivity index (χ0) is 30.7. The van der Waals surface area contributed by atoms with Crippen LogP contribution in [0.2, 0.25) is 0 Å². The molecule has 0 bridgehead atoms. The number of imidazole rings is 1. The van der Waals surface area contributed by atoms with Gasteiger partial charge in [0, 0.05) is 36.4 Å². The second kappa shape index (κ2) is 12.3. The summed E-state index contributed by atoms with van der Waals surface area (Å²) in [5.74, 6) is -4.10. The third-order valence-electron chi connectivity index (χ3n) is 6.69. The monoisotopic (exact) mass is 590 g/mol. The molecule has 0 spiro atoms. The molecule has 0 aliphatic heterocycles. The molecule has 2 aromatic heterocycles. The van der Waals surface area contributed by atoms with Crippen LogP contribution in [0.15, 0.2) is 66.7 Å². The van der Waals surface area contributed by atoms with Crippen LogP contribution in [0.3, 0.4) is 0 Å². The first-order chi connectivity index (χ1) is 20.7. The predicted octanol–water partition coefficient (Wildman–Crippen LogP) is 6.37. The summed E-state index contributed by atoms with van der Waals surface area (Å²) >= 11 is 0. The van der Waals surface area contributed by atoms with E-state index in [1.54, 1.807) is 0 Å². The summed E-state index contributed by atoms with van der Waals surface area (Å²) in [7, 11) is 1.43. The van der Waals surface area contributed by atoms with E-state index in [0.29, 0.717) is 5.52 Å². The van der Waals surface area contributed by atoms with Crippen molar-refractivity contribution in [2.45, 2.75) is 19.3 Å². The largest absolute Gasteiger partial charge is 0.478 e. The van der Waals surface area contributed by atoms with Gasteiger partial charge in [-0.1, -0.05) is 12.1 Å². The topological polar surface area (TPSA) is 110 Å². The molecule has 8 nitrogen and oxygen atoms in total. The first-order valence-corrected chi connectivity index (χ1v) is 12.8. The number of nitriles is 1. The predicted molar refractivity (Wildman–Crippen MR) is 147 cm³/mol. The minimum absolute atomic E-state index is 0.00102. The van der Waals surface area contributed by atoms with Crippen LogP contribution < -0.4 is 4.74 Å². The molecule has 0 radical (unpaired) electrons. The molecule has 0 saturated heterocycles. The van der Waals surface area contributed by atoms with Gasteiger partial charge in [0.2, 0.25) is 5.88 Å². The summed E-state index contributed by atoms with van der Waals surface area (Å²) in [6.07, 6.45) is -2.20. The van der Waals surface area contributed by atoms with Crippen LogP contribution in [0.1, 0.15) is 39.0 Å². The van der Waals surface area contributed by atoms with Gasteiger partial charge in [-0.05, 0) is 48.5 Å². The summed E-state index contributed by atoms with van der Waals surface area (Å²) in [5, 5.41) is 18.2. The van der Waals surface area contributed by atoms with Crippen LogP contribution in [-0.2, 0) is 17.9 Å². The van der Waals surface area contributed by atoms with Crippen molar-refractivity contribution in [3.8, 4) is 23.2 Å². The SMILES string of the molecule is COCCn1c(C(F)c2cc(F)c(-c3cccc(OCc4ccc(C#N)cc4F)n3)cc2F)nc2ccc(C(=O)O)cc21. The molecule has 5 rings (SSSR count). The summed E-state index contributed by atoms with van der Waals surface area (Å²) in [4.78, 5) is 19.9. The fourth-order valence-corrected chi connectivity index (χ4v) is 4.51. The Hall–Kier alpha value is -5.28. The molecule has 3 aromatic carbocycles. The molecule has 1 N–H and O–H groups in total. The first kappa shape index (κ1) is 29.2. The highest BCUT2D eigenvalue weighted by molar-refractivity contribution is 5.92. The third-order valence-corrected chi connectivity index (χ3v) is 6.69. The smallest absolute Gasteiger partial charge is 0.335 e. The summed E-state index contributed by atoms with van der Waals surface area (Å²) in [6.45, 7) is -0.0252. The molecule has 1 unspecified atom stereocenters. The van der Waals surface area contributed by atoms with Crippen LogP contribution in [0.5, 0.6) is 5.88 Å². The molecule has 1 atom stereocenters. The fraction of sp³-hybridized carbons (Fsp3) is 0.161. The standard InChI is InChI=1S/C31H22F4N4O4/c1-42-10-9-39-27-12-18(31(40)41)7-8-26(27)38-30(39)29(35)21-14-23(33)20(13-24(21)34)25-3-2-4-28(37-25)43-16-19-6-5-17(15-36)11-22(19)32/h2-8,11-14,29H,9-10,16H2,1H3,(H,40,41). The highest BCUT2D eigenvalue weighted by Crippen LogP contribution is 2.34. The molecule has 2 heterocycles. The van der Waals surface area contributed by atoms with Crippen molar-refractivity contribution in [3.63, 3.8) is 0 Å². The van der Waals surface area contributed by atoms with Crippen molar-refractivity contribution in [3.05, 3.63) is 112 Å². The number of halogens is 4. The number of fused-ring (bicyclic) bond motifs is 1. The van der Waals surface area contributed by atoms with Crippen molar-refractivity contribution in [2.24, 2.45) is 0 Å². The molecule has 43 heavy (non-hydrogen) atoms. The number of carboxylic acids is 1. The van der Waals surface area contributed by atoms with Crippen LogP contribution in [0.25, 0.3) is 22.3 Å². The minimum Gasteiger partial charge on any atom is -0.478 e. The molecule has 0 aliphatic carbocycles. The summed E-state index contributed by atoms with van der Waals surface area (Å²) in [5.41, 5.74) is -0.0399. The Balaban J connectivity index is 1.44. The van der Waals surface area contributed by atoms with E-state index in [-0.39, 0.29) is 64.9 Å². The zero-order valence-electron chi connectivity index (χ0n) is 22.5. The lowest BCUT2D eigenvalue weighted by Gasteiger charge is -2.15. The maximum Gasteiger partial charge on any atom is 0.335 e. The van der Waals surface area contributed by atoms with Gasteiger partial charge in [0.15, 0.2) is 6.17 Å². The average Bonchev–Trinajstić information content (AvgIpc) is 3.37. The Morgan fingerprint density at radius 3 is 2.56 bits per heavy atom. The molecule has 0 amide bonds. The van der Waals surface area contributed by atoms with Crippen LogP contribution in [-0.4, -0.2) is 39.3 Å². The summed E-state index contributed by atoms with van der Waals surface area (Å²) < 4.78 is 72.8. The van der Waals surface area contributed by atoms with Gasteiger partial charge >= 0.3 is 5.97 Å². The van der Waals surface area contributed by atoms with Crippen molar-refractivity contribution < 1.29 is 36.9 Å². The number of carboxylic acid groups (broad SMARTS) is 1. The maximum absolute atomic E-state index is 15.9. The van der Waals surface area contributed by atoms with Gasteiger partial charge in [-0.25, -0.2) is 32.3 Å². The number of ether oxygens (including phenoxy) is 2. The van der Waals surface area contributed by atoms with E-state index < -0.39 is 35.2 Å². The number of hydrogen-bond donors (Lipinski definition) is 1. The third kappa shape index (κ3) is 6.02. The molecular weight excluding hydrogens is 568 g/mol. The highest BCUT2D eigenvalue weighted by atomic mass is 19.1. The van der Waals surface area contributed by atoms with Gasteiger partial charge in [-0.15, -0.1) is 0 Å². The van der Waals surface area contributed by atoms with Gasteiger partial charge in [-0.2, -0.15) is 5.26 Å². The van der Waals surface area contributed by atoms with Crippen LogP contribution in [0, 0.1) is 28.8 Å². The van der Waals surface area contributed by atoms with Crippen molar-refractivity contribution in [2.75, 3.05) is 13.7 Å². The lowest BCUT2D eigenvalue weighted by atomic mass is 10.0. The molecule has 12 heteroatoms. The van der Waals surface area contributed by atoms with Crippen molar-refractivity contribution in [1.82, 2.24) is 14.5 Å². The fourth-order valence-electron chi connectivity index (χ4n) is 4.51. The zero-order valence-corrected chi connectivity index (χ0v) is 22.5. The van der Waals surface area contributed by atoms with E-state index in [9.17, 15) is 14.3 Å². The second-order valence-electron chi connectivity index (χ2n) is 9.41. The minimum atomic E-state index is -2.20. The van der Waals surface area contributed by atoms with E-state index in [1.807, 2.05) is 6.07 Å².